The van der Waals surface area contributed by atoms with Crippen LogP contribution >= 0.6 is 0 Å². The van der Waals surface area contributed by atoms with Gasteiger partial charge in [-0.05, 0) is 51.8 Å². The highest BCUT2D eigenvalue weighted by Gasteiger charge is 2.37. The molecule has 1 aliphatic heterocycles. The molecule has 3 heteroatoms. The van der Waals surface area contributed by atoms with Crippen LogP contribution in [0.25, 0.3) is 0 Å². The molecule has 0 aromatic heterocycles. The van der Waals surface area contributed by atoms with Crippen LogP contribution in [0.2, 0.25) is 0 Å². The van der Waals surface area contributed by atoms with Crippen LogP contribution in [0.1, 0.15) is 38.8 Å². The van der Waals surface area contributed by atoms with E-state index in [1.807, 2.05) is 0 Å². The summed E-state index contributed by atoms with van der Waals surface area (Å²) >= 11 is 0. The molecule has 0 spiro atoms. The van der Waals surface area contributed by atoms with Crippen LogP contribution in [0.4, 0.5) is 0 Å². The molecule has 0 saturated carbocycles. The number of nitrogens with two attached hydrogens (primary N) is 1. The molecule has 2 rings (SSSR count). The first kappa shape index (κ1) is 15.5. The van der Waals surface area contributed by atoms with Crippen molar-refractivity contribution in [3.8, 4) is 0 Å². The lowest BCUT2D eigenvalue weighted by Crippen LogP contribution is -2.56. The van der Waals surface area contributed by atoms with Crippen molar-refractivity contribution in [3.63, 3.8) is 0 Å². The third-order valence-corrected chi connectivity index (χ3v) is 3.69. The molecule has 1 aromatic carbocycles. The molecule has 0 amide bonds. The van der Waals surface area contributed by atoms with Gasteiger partial charge in [-0.15, -0.1) is 0 Å². The zero-order valence-corrected chi connectivity index (χ0v) is 13.3. The Hall–Kier alpha value is -0.900. The Morgan fingerprint density at radius 3 is 2.15 bits per heavy atom. The van der Waals surface area contributed by atoms with Crippen LogP contribution in [0.3, 0.4) is 0 Å². The molecular weight excluding hydrogens is 248 g/mol. The molecule has 0 atom stereocenters. The number of hydrogen-bond donors (Lipinski definition) is 1. The van der Waals surface area contributed by atoms with Crippen molar-refractivity contribution in [2.75, 3.05) is 19.6 Å². The monoisotopic (exact) mass is 276 g/mol. The minimum atomic E-state index is -0.0927. The lowest BCUT2D eigenvalue weighted by Gasteiger charge is -2.47. The van der Waals surface area contributed by atoms with Crippen LogP contribution in [-0.2, 0) is 17.7 Å². The summed E-state index contributed by atoms with van der Waals surface area (Å²) in [5, 5.41) is 0. The number of hydrogen-bond acceptors (Lipinski definition) is 3. The zero-order chi connectivity index (χ0) is 14.8. The van der Waals surface area contributed by atoms with Crippen molar-refractivity contribution in [1.82, 2.24) is 4.90 Å². The maximum Gasteiger partial charge on any atom is 0.0760 e. The highest BCUT2D eigenvalue weighted by molar-refractivity contribution is 5.27. The van der Waals surface area contributed by atoms with Gasteiger partial charge in [0.15, 0.2) is 0 Å². The first-order valence-corrected chi connectivity index (χ1v) is 7.51. The number of rotatable bonds is 4. The smallest absolute Gasteiger partial charge is 0.0760 e. The van der Waals surface area contributed by atoms with Crippen LogP contribution < -0.4 is 5.73 Å². The third-order valence-electron chi connectivity index (χ3n) is 3.69. The van der Waals surface area contributed by atoms with E-state index in [1.54, 1.807) is 0 Å². The molecule has 1 fully saturated rings. The lowest BCUT2D eigenvalue weighted by molar-refractivity contribution is -0.182. The lowest BCUT2D eigenvalue weighted by atomic mass is 9.97. The highest BCUT2D eigenvalue weighted by Crippen LogP contribution is 2.29. The first-order valence-electron chi connectivity index (χ1n) is 7.51. The Balaban J connectivity index is 2.13. The van der Waals surface area contributed by atoms with E-state index in [4.69, 9.17) is 10.5 Å². The van der Waals surface area contributed by atoms with E-state index >= 15 is 0 Å². The fourth-order valence-corrected chi connectivity index (χ4v) is 3.41. The van der Waals surface area contributed by atoms with Crippen molar-refractivity contribution in [2.24, 2.45) is 5.73 Å². The summed E-state index contributed by atoms with van der Waals surface area (Å²) in [6, 6.07) is 8.63. The summed E-state index contributed by atoms with van der Waals surface area (Å²) in [5.74, 6) is 0. The van der Waals surface area contributed by atoms with E-state index in [1.165, 1.54) is 11.1 Å². The Morgan fingerprint density at radius 1 is 1.05 bits per heavy atom. The summed E-state index contributed by atoms with van der Waals surface area (Å²) < 4.78 is 6.15. The normalized spacial score (nSPS) is 21.9. The fourth-order valence-electron chi connectivity index (χ4n) is 3.41. The number of morpholine rings is 1. The molecule has 1 aromatic rings. The highest BCUT2D eigenvalue weighted by atomic mass is 16.5. The predicted molar refractivity (Wildman–Crippen MR) is 83.7 cm³/mol. The minimum Gasteiger partial charge on any atom is -0.367 e. The molecule has 1 saturated heterocycles. The average molecular weight is 276 g/mol. The van der Waals surface area contributed by atoms with Gasteiger partial charge in [-0.2, -0.15) is 0 Å². The second-order valence-electron chi connectivity index (χ2n) is 7.07. The number of nitrogens with zero attached hydrogens (tertiary/aromatic N) is 1. The Bertz CT molecular complexity index is 438. The van der Waals surface area contributed by atoms with Gasteiger partial charge in [0.25, 0.3) is 0 Å². The van der Waals surface area contributed by atoms with Gasteiger partial charge >= 0.3 is 0 Å². The largest absolute Gasteiger partial charge is 0.367 e. The molecule has 0 radical (unpaired) electrons. The van der Waals surface area contributed by atoms with E-state index in [2.05, 4.69) is 56.9 Å². The fraction of sp³-hybridized carbons (Fsp3) is 0.647. The van der Waals surface area contributed by atoms with E-state index in [-0.39, 0.29) is 11.2 Å². The molecule has 0 unspecified atom stereocenters. The second-order valence-corrected chi connectivity index (χ2v) is 7.07. The number of benzene rings is 1. The molecule has 112 valence electrons. The quantitative estimate of drug-likeness (QED) is 0.918. The summed E-state index contributed by atoms with van der Waals surface area (Å²) in [6.45, 7) is 12.3. The SMILES string of the molecule is CC1(C)CN(Cc2ccccc2CCN)CC(C)(C)O1. The third kappa shape index (κ3) is 4.05. The standard InChI is InChI=1S/C17H28N2O/c1-16(2)12-19(13-17(3,4)20-16)11-15-8-6-5-7-14(15)9-10-18/h5-8H,9-13,18H2,1-4H3. The van der Waals surface area contributed by atoms with Crippen LogP contribution in [-0.4, -0.2) is 35.7 Å². The summed E-state index contributed by atoms with van der Waals surface area (Å²) in [6.07, 6.45) is 0.952. The molecule has 0 bridgehead atoms. The van der Waals surface area contributed by atoms with Gasteiger partial charge in [0.05, 0.1) is 11.2 Å². The Morgan fingerprint density at radius 2 is 1.60 bits per heavy atom. The minimum absolute atomic E-state index is 0.0927. The molecule has 3 nitrogen and oxygen atoms in total. The van der Waals surface area contributed by atoms with Gasteiger partial charge in [0.2, 0.25) is 0 Å². The second kappa shape index (κ2) is 5.84. The summed E-state index contributed by atoms with van der Waals surface area (Å²) in [7, 11) is 0. The molecule has 20 heavy (non-hydrogen) atoms. The van der Waals surface area contributed by atoms with Crippen molar-refractivity contribution in [1.29, 1.82) is 0 Å². The topological polar surface area (TPSA) is 38.5 Å². The first-order chi connectivity index (χ1) is 9.31. The predicted octanol–water partition coefficient (Wildman–Crippen LogP) is 2.58. The Kier molecular flexibility index (Phi) is 4.52. The van der Waals surface area contributed by atoms with Crippen molar-refractivity contribution in [2.45, 2.75) is 51.9 Å². The molecule has 2 N–H and O–H groups in total. The molecule has 1 aliphatic rings. The Labute approximate surface area is 123 Å². The van der Waals surface area contributed by atoms with Gasteiger partial charge in [0.1, 0.15) is 0 Å². The van der Waals surface area contributed by atoms with Crippen molar-refractivity contribution < 1.29 is 4.74 Å². The van der Waals surface area contributed by atoms with E-state index in [0.717, 1.165) is 26.1 Å². The molecule has 0 aliphatic carbocycles. The van der Waals surface area contributed by atoms with Crippen LogP contribution in [0, 0.1) is 0 Å². The van der Waals surface area contributed by atoms with E-state index in [0.29, 0.717) is 6.54 Å². The van der Waals surface area contributed by atoms with Crippen LogP contribution in [0.5, 0.6) is 0 Å². The van der Waals surface area contributed by atoms with Gasteiger partial charge in [-0.1, -0.05) is 24.3 Å². The van der Waals surface area contributed by atoms with E-state index < -0.39 is 0 Å². The maximum absolute atomic E-state index is 6.15. The van der Waals surface area contributed by atoms with Crippen molar-refractivity contribution in [3.05, 3.63) is 35.4 Å². The molecule has 1 heterocycles. The van der Waals surface area contributed by atoms with Crippen molar-refractivity contribution >= 4 is 0 Å². The van der Waals surface area contributed by atoms with E-state index in [9.17, 15) is 0 Å². The zero-order valence-electron chi connectivity index (χ0n) is 13.3. The van der Waals surface area contributed by atoms with Gasteiger partial charge in [0, 0.05) is 19.6 Å². The maximum atomic E-state index is 6.15. The number of ether oxygens (including phenoxy) is 1. The molecular formula is C17H28N2O. The average Bonchev–Trinajstić information content (AvgIpc) is 2.27. The van der Waals surface area contributed by atoms with Gasteiger partial charge in [-0.3, -0.25) is 4.90 Å². The summed E-state index contributed by atoms with van der Waals surface area (Å²) in [4.78, 5) is 2.50. The van der Waals surface area contributed by atoms with Gasteiger partial charge in [-0.25, -0.2) is 0 Å². The van der Waals surface area contributed by atoms with Crippen LogP contribution in [0.15, 0.2) is 24.3 Å². The summed E-state index contributed by atoms with van der Waals surface area (Å²) in [5.41, 5.74) is 8.30. The van der Waals surface area contributed by atoms with Gasteiger partial charge < -0.3 is 10.5 Å².